The number of hydrogen-bond acceptors (Lipinski definition) is 8. The number of allylic oxidation sites excluding steroid dienone is 1. The molecule has 5 heterocycles. The van der Waals surface area contributed by atoms with Crippen molar-refractivity contribution in [3.05, 3.63) is 58.6 Å². The topological polar surface area (TPSA) is 52.9 Å². The summed E-state index contributed by atoms with van der Waals surface area (Å²) in [6, 6.07) is 11.4. The highest BCUT2D eigenvalue weighted by molar-refractivity contribution is 7.17. The van der Waals surface area contributed by atoms with Crippen molar-refractivity contribution in [2.45, 2.75) is 19.9 Å². The fourth-order valence-corrected chi connectivity index (χ4v) is 6.79. The SMILES string of the molecule is C=C(C)N1CCN(c2nc(N3CCN(C)CC3)c(C#N)c3c2CCN(c2cccc4sccc24)C3)CC1. The average molecular weight is 514 g/mol. The van der Waals surface area contributed by atoms with Crippen molar-refractivity contribution in [2.24, 2.45) is 0 Å². The minimum Gasteiger partial charge on any atom is -0.372 e. The van der Waals surface area contributed by atoms with Crippen molar-refractivity contribution in [3.63, 3.8) is 0 Å². The van der Waals surface area contributed by atoms with Gasteiger partial charge in [-0.3, -0.25) is 0 Å². The molecule has 0 amide bonds. The lowest BCUT2D eigenvalue weighted by molar-refractivity contribution is 0.311. The number of rotatable bonds is 4. The zero-order valence-electron chi connectivity index (χ0n) is 21.9. The molecule has 6 rings (SSSR count). The van der Waals surface area contributed by atoms with E-state index in [1.54, 1.807) is 11.3 Å². The Morgan fingerprint density at radius 2 is 1.65 bits per heavy atom. The molecule has 0 spiro atoms. The van der Waals surface area contributed by atoms with Crippen LogP contribution in [-0.2, 0) is 13.0 Å². The van der Waals surface area contributed by atoms with Crippen LogP contribution < -0.4 is 14.7 Å². The van der Waals surface area contributed by atoms with Gasteiger partial charge in [-0.15, -0.1) is 11.3 Å². The van der Waals surface area contributed by atoms with Gasteiger partial charge in [0.1, 0.15) is 17.7 Å². The van der Waals surface area contributed by atoms with Crippen molar-refractivity contribution in [3.8, 4) is 6.07 Å². The molecule has 2 fully saturated rings. The first-order chi connectivity index (χ1) is 18.0. The van der Waals surface area contributed by atoms with E-state index in [1.165, 1.54) is 26.9 Å². The smallest absolute Gasteiger partial charge is 0.149 e. The van der Waals surface area contributed by atoms with Gasteiger partial charge in [-0.25, -0.2) is 4.98 Å². The number of aromatic nitrogens is 1. The number of likely N-dealkylation sites (N-methyl/N-ethyl adjacent to an activating group) is 1. The zero-order chi connectivity index (χ0) is 25.5. The summed E-state index contributed by atoms with van der Waals surface area (Å²) in [5, 5.41) is 14.0. The predicted octanol–water partition coefficient (Wildman–Crippen LogP) is 4.14. The molecule has 2 aromatic heterocycles. The Balaban J connectivity index is 1.42. The van der Waals surface area contributed by atoms with Crippen LogP contribution in [0.4, 0.5) is 17.3 Å². The van der Waals surface area contributed by atoms with E-state index in [0.29, 0.717) is 0 Å². The number of thiophene rings is 1. The molecular formula is C29H35N7S. The third-order valence-corrected chi connectivity index (χ3v) is 9.08. The number of nitriles is 1. The minimum atomic E-state index is 0.745. The van der Waals surface area contributed by atoms with Crippen LogP contribution in [-0.4, -0.2) is 80.7 Å². The maximum atomic E-state index is 10.5. The van der Waals surface area contributed by atoms with Crippen LogP contribution >= 0.6 is 11.3 Å². The molecule has 0 atom stereocenters. The van der Waals surface area contributed by atoms with E-state index in [4.69, 9.17) is 4.98 Å². The van der Waals surface area contributed by atoms with Crippen LogP contribution in [0.2, 0.25) is 0 Å². The molecule has 2 saturated heterocycles. The molecule has 0 aliphatic carbocycles. The summed E-state index contributed by atoms with van der Waals surface area (Å²) >= 11 is 1.79. The second kappa shape index (κ2) is 9.88. The van der Waals surface area contributed by atoms with Gasteiger partial charge in [-0.05, 0) is 49.5 Å². The highest BCUT2D eigenvalue weighted by Gasteiger charge is 2.32. The van der Waals surface area contributed by atoms with E-state index < -0.39 is 0 Å². The van der Waals surface area contributed by atoms with Crippen LogP contribution in [0.3, 0.4) is 0 Å². The monoisotopic (exact) mass is 513 g/mol. The van der Waals surface area contributed by atoms with Crippen molar-refractivity contribution in [1.29, 1.82) is 5.26 Å². The Morgan fingerprint density at radius 3 is 2.38 bits per heavy atom. The molecule has 1 aromatic carbocycles. The van der Waals surface area contributed by atoms with E-state index in [1.807, 2.05) is 0 Å². The van der Waals surface area contributed by atoms with Gasteiger partial charge in [-0.2, -0.15) is 5.26 Å². The number of anilines is 3. The standard InChI is InChI=1S/C29H35N7S/c1-21(2)33-14-16-35(17-15-33)28-22-7-9-36(26-5-4-6-27-23(26)8-18-37-27)20-25(22)24(19-30)29(31-28)34-12-10-32(3)11-13-34/h4-6,8,18H,1,7,9-17,20H2,2-3H3. The summed E-state index contributed by atoms with van der Waals surface area (Å²) in [6.45, 7) is 15.5. The van der Waals surface area contributed by atoms with Gasteiger partial charge in [0.15, 0.2) is 0 Å². The lowest BCUT2D eigenvalue weighted by Crippen LogP contribution is -2.48. The van der Waals surface area contributed by atoms with E-state index in [-0.39, 0.29) is 0 Å². The van der Waals surface area contributed by atoms with E-state index in [0.717, 1.165) is 94.8 Å². The molecule has 0 saturated carbocycles. The van der Waals surface area contributed by atoms with Gasteiger partial charge < -0.3 is 24.5 Å². The van der Waals surface area contributed by atoms with Gasteiger partial charge in [0, 0.05) is 92.5 Å². The van der Waals surface area contributed by atoms with Crippen molar-refractivity contribution >= 4 is 38.7 Å². The summed E-state index contributed by atoms with van der Waals surface area (Å²) in [6.07, 6.45) is 0.899. The van der Waals surface area contributed by atoms with Gasteiger partial charge in [0.2, 0.25) is 0 Å². The molecule has 3 aliphatic heterocycles. The van der Waals surface area contributed by atoms with E-state index in [2.05, 4.69) is 80.8 Å². The van der Waals surface area contributed by atoms with Crippen molar-refractivity contribution < 1.29 is 0 Å². The molecule has 0 bridgehead atoms. The largest absolute Gasteiger partial charge is 0.372 e. The zero-order valence-corrected chi connectivity index (χ0v) is 22.7. The van der Waals surface area contributed by atoms with Gasteiger partial charge in [0.25, 0.3) is 0 Å². The van der Waals surface area contributed by atoms with Crippen molar-refractivity contribution in [2.75, 3.05) is 80.7 Å². The number of piperazine rings is 2. The first kappa shape index (κ1) is 24.1. The third kappa shape index (κ3) is 4.41. The predicted molar refractivity (Wildman–Crippen MR) is 154 cm³/mol. The number of pyridine rings is 1. The Morgan fingerprint density at radius 1 is 0.919 bits per heavy atom. The summed E-state index contributed by atoms with van der Waals surface area (Å²) in [4.78, 5) is 17.3. The van der Waals surface area contributed by atoms with Crippen molar-refractivity contribution in [1.82, 2.24) is 14.8 Å². The van der Waals surface area contributed by atoms with Crippen LogP contribution in [0.1, 0.15) is 23.6 Å². The molecule has 0 unspecified atom stereocenters. The molecular weight excluding hydrogens is 478 g/mol. The second-order valence-electron chi connectivity index (χ2n) is 10.5. The molecule has 3 aromatic rings. The summed E-state index contributed by atoms with van der Waals surface area (Å²) in [5.74, 6) is 1.97. The van der Waals surface area contributed by atoms with Crippen LogP contribution in [0.5, 0.6) is 0 Å². The fourth-order valence-electron chi connectivity index (χ4n) is 5.98. The summed E-state index contributed by atoms with van der Waals surface area (Å²) in [7, 11) is 2.16. The molecule has 0 N–H and O–H groups in total. The summed E-state index contributed by atoms with van der Waals surface area (Å²) < 4.78 is 1.31. The molecule has 7 nitrogen and oxygen atoms in total. The first-order valence-corrected chi connectivity index (χ1v) is 14.2. The molecule has 8 heteroatoms. The van der Waals surface area contributed by atoms with E-state index in [9.17, 15) is 5.26 Å². The van der Waals surface area contributed by atoms with Gasteiger partial charge in [-0.1, -0.05) is 12.6 Å². The molecule has 37 heavy (non-hydrogen) atoms. The maximum Gasteiger partial charge on any atom is 0.149 e. The van der Waals surface area contributed by atoms with E-state index >= 15 is 0 Å². The highest BCUT2D eigenvalue weighted by Crippen LogP contribution is 2.39. The molecule has 192 valence electrons. The fraction of sp³-hybridized carbons (Fsp3) is 0.448. The Labute approximate surface area is 223 Å². The molecule has 0 radical (unpaired) electrons. The number of benzene rings is 1. The average Bonchev–Trinajstić information content (AvgIpc) is 3.41. The number of nitrogens with zero attached hydrogens (tertiary/aromatic N) is 7. The van der Waals surface area contributed by atoms with Gasteiger partial charge >= 0.3 is 0 Å². The Hall–Kier alpha value is -3.28. The minimum absolute atomic E-state index is 0.745. The second-order valence-corrected chi connectivity index (χ2v) is 11.4. The normalized spacial score (nSPS) is 18.7. The third-order valence-electron chi connectivity index (χ3n) is 8.20. The first-order valence-electron chi connectivity index (χ1n) is 13.3. The molecule has 3 aliphatic rings. The summed E-state index contributed by atoms with van der Waals surface area (Å²) in [5.41, 5.74) is 5.61. The maximum absolute atomic E-state index is 10.5. The number of hydrogen-bond donors (Lipinski definition) is 0. The van der Waals surface area contributed by atoms with Crippen LogP contribution in [0.25, 0.3) is 10.1 Å². The van der Waals surface area contributed by atoms with Crippen LogP contribution in [0, 0.1) is 11.3 Å². The lowest BCUT2D eigenvalue weighted by Gasteiger charge is -2.41. The Bertz CT molecular complexity index is 1360. The quantitative estimate of drug-likeness (QED) is 0.520. The number of fused-ring (bicyclic) bond motifs is 2. The highest BCUT2D eigenvalue weighted by atomic mass is 32.1. The Kier molecular flexibility index (Phi) is 6.43. The van der Waals surface area contributed by atoms with Gasteiger partial charge in [0.05, 0.1) is 5.56 Å². The lowest BCUT2D eigenvalue weighted by atomic mass is 9.94. The van der Waals surface area contributed by atoms with Crippen LogP contribution in [0.15, 0.2) is 41.9 Å².